The number of hydrogen-bond acceptors (Lipinski definition) is 2. The van der Waals surface area contributed by atoms with Crippen molar-refractivity contribution in [3.8, 4) is 0 Å². The number of hydrogen-bond donors (Lipinski definition) is 0. The van der Waals surface area contributed by atoms with Crippen LogP contribution >= 0.6 is 0 Å². The first kappa shape index (κ1) is 16.0. The quantitative estimate of drug-likeness (QED) is 0.681. The Morgan fingerprint density at radius 2 is 2.11 bits per heavy atom. The summed E-state index contributed by atoms with van der Waals surface area (Å²) in [6.45, 7) is 2.83. The summed E-state index contributed by atoms with van der Waals surface area (Å²) in [6.07, 6.45) is 12.5. The minimum absolute atomic E-state index is 0.214. The average molecular weight is 265 g/mol. The first-order chi connectivity index (χ1) is 9.13. The van der Waals surface area contributed by atoms with Gasteiger partial charge in [0, 0.05) is 27.1 Å². The van der Waals surface area contributed by atoms with Crippen molar-refractivity contribution in [3.63, 3.8) is 0 Å². The minimum atomic E-state index is 0.214. The van der Waals surface area contributed by atoms with E-state index in [0.717, 1.165) is 38.6 Å². The zero-order valence-corrected chi connectivity index (χ0v) is 12.5. The van der Waals surface area contributed by atoms with Gasteiger partial charge < -0.3 is 9.64 Å². The third-order valence-corrected chi connectivity index (χ3v) is 3.52. The normalized spacial score (nSPS) is 28.4. The number of allylic oxidation sites excluding steroid dienone is 2. The summed E-state index contributed by atoms with van der Waals surface area (Å²) in [7, 11) is 3.66. The van der Waals surface area contributed by atoms with Crippen molar-refractivity contribution in [2.24, 2.45) is 0 Å². The molecular weight excluding hydrogens is 238 g/mol. The van der Waals surface area contributed by atoms with E-state index >= 15 is 0 Å². The van der Waals surface area contributed by atoms with Crippen molar-refractivity contribution in [2.75, 3.05) is 20.7 Å². The Bertz CT molecular complexity index is 334. The second-order valence-electron chi connectivity index (χ2n) is 5.33. The second-order valence-corrected chi connectivity index (χ2v) is 5.33. The van der Waals surface area contributed by atoms with Crippen molar-refractivity contribution in [2.45, 2.75) is 51.6 Å². The summed E-state index contributed by atoms with van der Waals surface area (Å²) >= 11 is 0. The third kappa shape index (κ3) is 6.58. The Balaban J connectivity index is 2.62. The van der Waals surface area contributed by atoms with E-state index in [0.29, 0.717) is 6.42 Å². The summed E-state index contributed by atoms with van der Waals surface area (Å²) < 4.78 is 5.44. The van der Waals surface area contributed by atoms with E-state index in [1.165, 1.54) is 5.57 Å². The number of nitrogens with zero attached hydrogens (tertiary/aromatic N) is 1. The van der Waals surface area contributed by atoms with Crippen LogP contribution in [-0.4, -0.2) is 37.6 Å². The highest BCUT2D eigenvalue weighted by Gasteiger charge is 2.09. The monoisotopic (exact) mass is 265 g/mol. The fraction of sp³-hybridized carbons (Fsp3) is 0.688. The highest BCUT2D eigenvalue weighted by molar-refractivity contribution is 5.76. The van der Waals surface area contributed by atoms with Crippen LogP contribution in [0.5, 0.6) is 0 Å². The second kappa shape index (κ2) is 8.92. The van der Waals surface area contributed by atoms with Crippen LogP contribution in [0.3, 0.4) is 0 Å². The van der Waals surface area contributed by atoms with Crippen LogP contribution < -0.4 is 0 Å². The third-order valence-electron chi connectivity index (χ3n) is 3.52. The van der Waals surface area contributed by atoms with E-state index in [2.05, 4.69) is 25.2 Å². The molecule has 1 atom stereocenters. The van der Waals surface area contributed by atoms with Crippen molar-refractivity contribution in [3.05, 3.63) is 23.8 Å². The number of likely N-dealkylation sites (N-methyl/N-ethyl adjacent to an activating group) is 1. The van der Waals surface area contributed by atoms with Gasteiger partial charge in [-0.3, -0.25) is 4.79 Å². The molecule has 1 aliphatic heterocycles. The van der Waals surface area contributed by atoms with Crippen LogP contribution in [0.2, 0.25) is 0 Å². The molecule has 0 aromatic carbocycles. The summed E-state index contributed by atoms with van der Waals surface area (Å²) in [6, 6.07) is 0. The maximum absolute atomic E-state index is 11.9. The van der Waals surface area contributed by atoms with Crippen molar-refractivity contribution in [1.29, 1.82) is 0 Å². The molecule has 19 heavy (non-hydrogen) atoms. The first-order valence-corrected chi connectivity index (χ1v) is 7.22. The van der Waals surface area contributed by atoms with Gasteiger partial charge in [0.05, 0.1) is 6.10 Å². The zero-order valence-electron chi connectivity index (χ0n) is 12.5. The molecule has 0 aromatic rings. The highest BCUT2D eigenvalue weighted by atomic mass is 16.5. The molecule has 0 saturated heterocycles. The smallest absolute Gasteiger partial charge is 0.222 e. The lowest BCUT2D eigenvalue weighted by Crippen LogP contribution is -2.28. The van der Waals surface area contributed by atoms with Crippen molar-refractivity contribution in [1.82, 2.24) is 4.90 Å². The molecule has 1 rings (SSSR count). The fourth-order valence-electron chi connectivity index (χ4n) is 2.29. The molecule has 0 bridgehead atoms. The van der Waals surface area contributed by atoms with Gasteiger partial charge in [-0.05, 0) is 39.0 Å². The first-order valence-electron chi connectivity index (χ1n) is 7.22. The summed E-state index contributed by atoms with van der Waals surface area (Å²) in [5, 5.41) is 0. The number of carbonyl (C=O) groups excluding carboxylic acids is 1. The molecule has 0 aromatic heterocycles. The molecule has 0 fully saturated rings. The van der Waals surface area contributed by atoms with Crippen LogP contribution in [0.1, 0.15) is 45.4 Å². The summed E-state index contributed by atoms with van der Waals surface area (Å²) in [5.74, 6) is 0.253. The molecule has 0 N–H and O–H groups in total. The average Bonchev–Trinajstić information content (AvgIpc) is 2.39. The lowest BCUT2D eigenvalue weighted by Gasteiger charge is -2.18. The maximum Gasteiger partial charge on any atom is 0.222 e. The molecule has 0 spiro atoms. The SMILES string of the molecule is COC1/C=C/CCCCC(=O)N(C)C/C(C)=C\CC1. The Labute approximate surface area is 117 Å². The minimum Gasteiger partial charge on any atom is -0.377 e. The zero-order chi connectivity index (χ0) is 14.1. The Hall–Kier alpha value is -1.09. The Morgan fingerprint density at radius 1 is 1.32 bits per heavy atom. The predicted molar refractivity (Wildman–Crippen MR) is 79.0 cm³/mol. The van der Waals surface area contributed by atoms with Crippen molar-refractivity contribution < 1.29 is 9.53 Å². The predicted octanol–water partition coefficient (Wildman–Crippen LogP) is 3.32. The molecule has 1 heterocycles. The number of methoxy groups -OCH3 is 1. The van der Waals surface area contributed by atoms with Crippen LogP contribution in [0.4, 0.5) is 0 Å². The van der Waals surface area contributed by atoms with E-state index in [1.807, 2.05) is 11.9 Å². The maximum atomic E-state index is 11.9. The Morgan fingerprint density at radius 3 is 2.84 bits per heavy atom. The number of rotatable bonds is 1. The molecule has 1 aliphatic rings. The molecule has 108 valence electrons. The van der Waals surface area contributed by atoms with Gasteiger partial charge in [-0.25, -0.2) is 0 Å². The van der Waals surface area contributed by atoms with Gasteiger partial charge in [0.25, 0.3) is 0 Å². The van der Waals surface area contributed by atoms with Crippen LogP contribution in [-0.2, 0) is 9.53 Å². The lowest BCUT2D eigenvalue weighted by molar-refractivity contribution is -0.129. The van der Waals surface area contributed by atoms with Gasteiger partial charge in [0.1, 0.15) is 0 Å². The van der Waals surface area contributed by atoms with E-state index in [9.17, 15) is 4.79 Å². The molecule has 1 amide bonds. The summed E-state index contributed by atoms with van der Waals surface area (Å²) in [5.41, 5.74) is 1.26. The van der Waals surface area contributed by atoms with E-state index in [1.54, 1.807) is 7.11 Å². The lowest BCUT2D eigenvalue weighted by atomic mass is 10.1. The molecule has 1 unspecified atom stereocenters. The van der Waals surface area contributed by atoms with Crippen LogP contribution in [0.15, 0.2) is 23.8 Å². The highest BCUT2D eigenvalue weighted by Crippen LogP contribution is 2.11. The molecular formula is C16H27NO2. The topological polar surface area (TPSA) is 29.5 Å². The standard InChI is InChI=1S/C16H27NO2/c1-14-9-8-11-15(19-3)10-6-4-5-7-12-16(18)17(2)13-14/h6,9-10,15H,4-5,7-8,11-13H2,1-3H3/b10-6+,14-9-. The fourth-order valence-corrected chi connectivity index (χ4v) is 2.29. The van der Waals surface area contributed by atoms with Gasteiger partial charge in [0.15, 0.2) is 0 Å². The van der Waals surface area contributed by atoms with Gasteiger partial charge in [-0.1, -0.05) is 23.8 Å². The van der Waals surface area contributed by atoms with Crippen molar-refractivity contribution >= 4 is 5.91 Å². The number of amides is 1. The Kier molecular flexibility index (Phi) is 7.49. The van der Waals surface area contributed by atoms with E-state index in [4.69, 9.17) is 4.74 Å². The van der Waals surface area contributed by atoms with Crippen LogP contribution in [0, 0.1) is 0 Å². The molecule has 3 nitrogen and oxygen atoms in total. The van der Waals surface area contributed by atoms with E-state index < -0.39 is 0 Å². The van der Waals surface area contributed by atoms with Gasteiger partial charge in [-0.15, -0.1) is 0 Å². The molecule has 0 radical (unpaired) electrons. The number of ether oxygens (including phenoxy) is 1. The molecule has 0 saturated carbocycles. The van der Waals surface area contributed by atoms with Gasteiger partial charge in [-0.2, -0.15) is 0 Å². The van der Waals surface area contributed by atoms with Gasteiger partial charge >= 0.3 is 0 Å². The summed E-state index contributed by atoms with van der Waals surface area (Å²) in [4.78, 5) is 13.7. The van der Waals surface area contributed by atoms with Crippen LogP contribution in [0.25, 0.3) is 0 Å². The van der Waals surface area contributed by atoms with Gasteiger partial charge in [0.2, 0.25) is 5.91 Å². The number of carbonyl (C=O) groups is 1. The molecule has 3 heteroatoms. The largest absolute Gasteiger partial charge is 0.377 e. The molecule has 0 aliphatic carbocycles. The van der Waals surface area contributed by atoms with E-state index in [-0.39, 0.29) is 12.0 Å².